The number of aliphatic carboxylic acids is 1. The van der Waals surface area contributed by atoms with Crippen LogP contribution in [0.1, 0.15) is 94.6 Å². The molecule has 9 heteroatoms. The summed E-state index contributed by atoms with van der Waals surface area (Å²) in [5.74, 6) is 0.121. The van der Waals surface area contributed by atoms with Gasteiger partial charge in [-0.3, -0.25) is 19.4 Å². The number of hydrogen-bond acceptors (Lipinski definition) is 7. The lowest BCUT2D eigenvalue weighted by Crippen LogP contribution is -2.45. The second-order valence-corrected chi connectivity index (χ2v) is 13.2. The maximum absolute atomic E-state index is 13.9. The minimum atomic E-state index is -0.865. The summed E-state index contributed by atoms with van der Waals surface area (Å²) in [5.41, 5.74) is 2.88. The van der Waals surface area contributed by atoms with Crippen LogP contribution in [0.2, 0.25) is 0 Å². The number of aliphatic hydroxyl groups is 1. The molecule has 2 unspecified atom stereocenters. The van der Waals surface area contributed by atoms with Gasteiger partial charge in [0.25, 0.3) is 0 Å². The fourth-order valence-electron chi connectivity index (χ4n) is 7.52. The van der Waals surface area contributed by atoms with E-state index < -0.39 is 18.1 Å². The number of fused-ring (bicyclic) bond motifs is 2. The first-order valence-electron chi connectivity index (χ1n) is 16.9. The number of benzene rings is 2. The third-order valence-corrected chi connectivity index (χ3v) is 10.0. The molecule has 2 N–H and O–H groups in total. The number of ether oxygens (including phenoxy) is 2. The van der Waals surface area contributed by atoms with E-state index in [1.54, 1.807) is 0 Å². The van der Waals surface area contributed by atoms with Crippen LogP contribution >= 0.6 is 0 Å². The fraction of sp³-hybridized carbons (Fsp3) is 0.611. The first-order chi connectivity index (χ1) is 21.8. The molecule has 0 spiro atoms. The number of aliphatic hydroxyl groups excluding tert-OH is 1. The number of amides is 1. The lowest BCUT2D eigenvalue weighted by Gasteiger charge is -2.31. The molecule has 1 fully saturated rings. The molecule has 246 valence electrons. The normalized spacial score (nSPS) is 23.3. The fourth-order valence-corrected chi connectivity index (χ4v) is 7.52. The summed E-state index contributed by atoms with van der Waals surface area (Å²) in [6.45, 7) is 10.0. The van der Waals surface area contributed by atoms with Crippen molar-refractivity contribution in [2.24, 2.45) is 11.8 Å². The van der Waals surface area contributed by atoms with Crippen LogP contribution in [0.4, 0.5) is 0 Å². The Kier molecular flexibility index (Phi) is 11.4. The minimum Gasteiger partial charge on any atom is -0.481 e. The molecule has 2 aromatic rings. The molecule has 1 amide bonds. The van der Waals surface area contributed by atoms with Crippen LogP contribution in [-0.2, 0) is 16.1 Å². The summed E-state index contributed by atoms with van der Waals surface area (Å²) in [7, 11) is 0. The number of nitrogens with zero attached hydrogens (tertiary/aromatic N) is 3. The monoisotopic (exact) mass is 621 g/mol. The number of hydrogen-bond donors (Lipinski definition) is 2. The van der Waals surface area contributed by atoms with Crippen molar-refractivity contribution >= 4 is 11.9 Å². The summed E-state index contributed by atoms with van der Waals surface area (Å²) >= 11 is 0. The number of likely N-dealkylation sites (tertiary alicyclic amines) is 1. The van der Waals surface area contributed by atoms with Crippen molar-refractivity contribution in [1.82, 2.24) is 14.7 Å². The van der Waals surface area contributed by atoms with E-state index in [4.69, 9.17) is 9.47 Å². The zero-order valence-electron chi connectivity index (χ0n) is 27.2. The van der Waals surface area contributed by atoms with Crippen LogP contribution in [0.25, 0.3) is 0 Å². The van der Waals surface area contributed by atoms with Crippen LogP contribution in [0.3, 0.4) is 0 Å². The van der Waals surface area contributed by atoms with E-state index in [0.29, 0.717) is 43.5 Å². The lowest BCUT2D eigenvalue weighted by molar-refractivity contribution is -0.144. The largest absolute Gasteiger partial charge is 0.481 e. The van der Waals surface area contributed by atoms with Gasteiger partial charge < -0.3 is 24.6 Å². The maximum Gasteiger partial charge on any atom is 0.308 e. The summed E-state index contributed by atoms with van der Waals surface area (Å²) in [5, 5.41) is 21.7. The van der Waals surface area contributed by atoms with Crippen LogP contribution in [0.15, 0.2) is 42.5 Å². The van der Waals surface area contributed by atoms with Gasteiger partial charge in [-0.25, -0.2) is 0 Å². The molecule has 3 aliphatic rings. The van der Waals surface area contributed by atoms with Gasteiger partial charge in [-0.2, -0.15) is 0 Å². The van der Waals surface area contributed by atoms with Gasteiger partial charge in [0.15, 0.2) is 11.5 Å². The molecule has 9 nitrogen and oxygen atoms in total. The number of unbranched alkanes of at least 4 members (excludes halogenated alkanes) is 1. The third kappa shape index (κ3) is 7.81. The zero-order chi connectivity index (χ0) is 31.9. The van der Waals surface area contributed by atoms with Gasteiger partial charge in [0, 0.05) is 44.7 Å². The Labute approximate surface area is 268 Å². The van der Waals surface area contributed by atoms with E-state index in [0.717, 1.165) is 55.5 Å². The molecule has 0 aromatic heterocycles. The Hall–Kier alpha value is -3.14. The zero-order valence-corrected chi connectivity index (χ0v) is 27.2. The van der Waals surface area contributed by atoms with Crippen molar-refractivity contribution in [1.29, 1.82) is 0 Å². The Morgan fingerprint density at radius 3 is 2.53 bits per heavy atom. The van der Waals surface area contributed by atoms with Gasteiger partial charge in [0.05, 0.1) is 12.5 Å². The molecule has 45 heavy (non-hydrogen) atoms. The van der Waals surface area contributed by atoms with E-state index in [1.165, 1.54) is 12.8 Å². The second-order valence-electron chi connectivity index (χ2n) is 13.2. The van der Waals surface area contributed by atoms with E-state index in [2.05, 4.69) is 25.7 Å². The van der Waals surface area contributed by atoms with Crippen LogP contribution in [-0.4, -0.2) is 82.3 Å². The average molecular weight is 622 g/mol. The molecule has 0 aliphatic carbocycles. The molecule has 0 bridgehead atoms. The number of carbonyl (C=O) groups is 2. The summed E-state index contributed by atoms with van der Waals surface area (Å²) in [6.07, 6.45) is 6.22. The van der Waals surface area contributed by atoms with E-state index >= 15 is 0 Å². The summed E-state index contributed by atoms with van der Waals surface area (Å²) < 4.78 is 11.1. The van der Waals surface area contributed by atoms with Crippen molar-refractivity contribution in [3.05, 3.63) is 59.2 Å². The smallest absolute Gasteiger partial charge is 0.308 e. The maximum atomic E-state index is 13.9. The van der Waals surface area contributed by atoms with Gasteiger partial charge in [0.1, 0.15) is 6.23 Å². The van der Waals surface area contributed by atoms with Crippen molar-refractivity contribution in [3.8, 4) is 11.5 Å². The van der Waals surface area contributed by atoms with Gasteiger partial charge in [0.2, 0.25) is 12.7 Å². The molecule has 1 saturated heterocycles. The molecule has 2 aromatic carbocycles. The standard InChI is InChI=1S/C36H51N3O6/c1-4-6-17-37(18-9-11-25(3)10-5-2)33(40)23-39-22-29(26-14-15-31-32(20-26)45-24-44-31)34(36(42)43)30(39)16-19-38-21-27-12-7-8-13-28(27)35(38)41/h7-8,12-15,20,25,29-30,34-35,41H,4-6,9-11,16-19,21-24H2,1-3H3,(H,42,43)/t25?,29-,30+,34-,35?/m1/s1. The van der Waals surface area contributed by atoms with Crippen LogP contribution in [0.5, 0.6) is 11.5 Å². The highest BCUT2D eigenvalue weighted by Gasteiger charge is 2.47. The minimum absolute atomic E-state index is 0.0701. The van der Waals surface area contributed by atoms with Crippen LogP contribution < -0.4 is 9.47 Å². The Balaban J connectivity index is 1.35. The first-order valence-corrected chi connectivity index (χ1v) is 16.9. The molecule has 5 atom stereocenters. The molecule has 0 radical (unpaired) electrons. The molecule has 0 saturated carbocycles. The quantitative estimate of drug-likeness (QED) is 0.249. The highest BCUT2D eigenvalue weighted by Crippen LogP contribution is 2.43. The second kappa shape index (κ2) is 15.4. The topological polar surface area (TPSA) is 103 Å². The molecule has 5 rings (SSSR count). The van der Waals surface area contributed by atoms with Crippen molar-refractivity contribution in [2.75, 3.05) is 39.5 Å². The number of rotatable bonds is 16. The van der Waals surface area contributed by atoms with Gasteiger partial charge in [-0.05, 0) is 60.4 Å². The van der Waals surface area contributed by atoms with E-state index in [1.807, 2.05) is 52.3 Å². The van der Waals surface area contributed by atoms with Gasteiger partial charge in [-0.1, -0.05) is 70.4 Å². The third-order valence-electron chi connectivity index (χ3n) is 10.0. The number of carboxylic acid groups (broad SMARTS) is 1. The Morgan fingerprint density at radius 2 is 1.78 bits per heavy atom. The van der Waals surface area contributed by atoms with Crippen molar-refractivity contribution in [3.63, 3.8) is 0 Å². The first kappa shape index (κ1) is 33.2. The van der Waals surface area contributed by atoms with Crippen molar-refractivity contribution in [2.45, 2.75) is 90.4 Å². The highest BCUT2D eigenvalue weighted by atomic mass is 16.7. The average Bonchev–Trinajstić information content (AvgIpc) is 3.73. The predicted octanol–water partition coefficient (Wildman–Crippen LogP) is 5.63. The SMILES string of the molecule is CCCCN(CCCC(C)CCC)C(=O)CN1C[C@H](c2ccc3c(c2)OCO3)[C@@H](C(=O)O)[C@@H]1CCN1Cc2ccccc2C1O. The van der Waals surface area contributed by atoms with Crippen molar-refractivity contribution < 1.29 is 29.3 Å². The molecule has 3 aliphatic heterocycles. The lowest BCUT2D eigenvalue weighted by atomic mass is 9.84. The predicted molar refractivity (Wildman–Crippen MR) is 173 cm³/mol. The van der Waals surface area contributed by atoms with E-state index in [-0.39, 0.29) is 31.2 Å². The number of carboxylic acids is 1. The van der Waals surface area contributed by atoms with Gasteiger partial charge >= 0.3 is 5.97 Å². The molecular weight excluding hydrogens is 570 g/mol. The number of carbonyl (C=O) groups excluding carboxylic acids is 1. The Bertz CT molecular complexity index is 1300. The summed E-state index contributed by atoms with van der Waals surface area (Å²) in [4.78, 5) is 33.0. The van der Waals surface area contributed by atoms with Crippen LogP contribution in [0, 0.1) is 11.8 Å². The molecular formula is C36H51N3O6. The molecule has 3 heterocycles. The Morgan fingerprint density at radius 1 is 1.00 bits per heavy atom. The highest BCUT2D eigenvalue weighted by molar-refractivity contribution is 5.79. The summed E-state index contributed by atoms with van der Waals surface area (Å²) in [6, 6.07) is 13.2. The van der Waals surface area contributed by atoms with Gasteiger partial charge in [-0.15, -0.1) is 0 Å². The van der Waals surface area contributed by atoms with E-state index in [9.17, 15) is 19.8 Å².